The molecule has 8 heteroatoms. The van der Waals surface area contributed by atoms with Gasteiger partial charge in [0.25, 0.3) is 5.91 Å². The van der Waals surface area contributed by atoms with E-state index in [9.17, 15) is 9.59 Å². The highest BCUT2D eigenvalue weighted by Crippen LogP contribution is 2.15. The quantitative estimate of drug-likeness (QED) is 0.850. The van der Waals surface area contributed by atoms with Crippen LogP contribution >= 0.6 is 22.9 Å². The SMILES string of the molecule is CNC(=O)C(CC(C)C)NC(=O)c1nnc(Cl)s1. The van der Waals surface area contributed by atoms with E-state index in [1.165, 1.54) is 7.05 Å². The van der Waals surface area contributed by atoms with Crippen LogP contribution in [-0.4, -0.2) is 35.1 Å². The molecule has 0 bridgehead atoms. The number of rotatable bonds is 5. The summed E-state index contributed by atoms with van der Waals surface area (Å²) >= 11 is 6.58. The summed E-state index contributed by atoms with van der Waals surface area (Å²) in [5, 5.41) is 12.5. The van der Waals surface area contributed by atoms with Crippen LogP contribution in [0.25, 0.3) is 0 Å². The second-order valence-corrected chi connectivity index (χ2v) is 5.69. The van der Waals surface area contributed by atoms with Crippen molar-refractivity contribution >= 4 is 34.8 Å². The number of hydrogen-bond acceptors (Lipinski definition) is 5. The molecule has 0 fully saturated rings. The van der Waals surface area contributed by atoms with E-state index < -0.39 is 11.9 Å². The average molecular weight is 291 g/mol. The van der Waals surface area contributed by atoms with Crippen LogP contribution in [0.5, 0.6) is 0 Å². The van der Waals surface area contributed by atoms with E-state index in [1.54, 1.807) is 0 Å². The van der Waals surface area contributed by atoms with Crippen LogP contribution in [0.1, 0.15) is 30.1 Å². The smallest absolute Gasteiger partial charge is 0.282 e. The molecular weight excluding hydrogens is 276 g/mol. The second kappa shape index (κ2) is 6.65. The number of nitrogens with zero attached hydrogens (tertiary/aromatic N) is 2. The number of aromatic nitrogens is 2. The summed E-state index contributed by atoms with van der Waals surface area (Å²) in [6.07, 6.45) is 0.554. The number of halogens is 1. The van der Waals surface area contributed by atoms with Gasteiger partial charge in [-0.3, -0.25) is 9.59 Å². The number of carbonyl (C=O) groups excluding carboxylic acids is 2. The van der Waals surface area contributed by atoms with Gasteiger partial charge in [-0.15, -0.1) is 10.2 Å². The van der Waals surface area contributed by atoms with Gasteiger partial charge in [-0.1, -0.05) is 25.2 Å². The zero-order valence-corrected chi connectivity index (χ0v) is 11.9. The number of carbonyl (C=O) groups is 2. The molecule has 0 aliphatic rings. The lowest BCUT2D eigenvalue weighted by atomic mass is 10.0. The van der Waals surface area contributed by atoms with Crippen molar-refractivity contribution in [3.63, 3.8) is 0 Å². The fourth-order valence-corrected chi connectivity index (χ4v) is 2.13. The lowest BCUT2D eigenvalue weighted by molar-refractivity contribution is -0.122. The Labute approximate surface area is 114 Å². The first-order valence-corrected chi connectivity index (χ1v) is 6.65. The molecule has 1 aromatic rings. The van der Waals surface area contributed by atoms with E-state index in [2.05, 4.69) is 20.8 Å². The van der Waals surface area contributed by atoms with Crippen molar-refractivity contribution in [2.45, 2.75) is 26.3 Å². The summed E-state index contributed by atoms with van der Waals surface area (Å²) in [7, 11) is 1.53. The molecule has 6 nitrogen and oxygen atoms in total. The zero-order valence-electron chi connectivity index (χ0n) is 10.4. The van der Waals surface area contributed by atoms with Gasteiger partial charge in [0, 0.05) is 7.05 Å². The van der Waals surface area contributed by atoms with Crippen molar-refractivity contribution in [3.8, 4) is 0 Å². The summed E-state index contributed by atoms with van der Waals surface area (Å²) in [6.45, 7) is 3.95. The van der Waals surface area contributed by atoms with E-state index in [-0.39, 0.29) is 21.3 Å². The molecule has 0 aliphatic heterocycles. The van der Waals surface area contributed by atoms with Crippen molar-refractivity contribution in [1.29, 1.82) is 0 Å². The van der Waals surface area contributed by atoms with E-state index in [0.717, 1.165) is 11.3 Å². The molecule has 100 valence electrons. The third-order valence-electron chi connectivity index (χ3n) is 2.17. The highest BCUT2D eigenvalue weighted by molar-refractivity contribution is 7.17. The van der Waals surface area contributed by atoms with Gasteiger partial charge in [0.1, 0.15) is 6.04 Å². The van der Waals surface area contributed by atoms with Crippen molar-refractivity contribution in [2.24, 2.45) is 5.92 Å². The first-order chi connectivity index (χ1) is 8.43. The van der Waals surface area contributed by atoms with Crippen LogP contribution in [0.4, 0.5) is 0 Å². The van der Waals surface area contributed by atoms with Gasteiger partial charge in [0.15, 0.2) is 0 Å². The number of amides is 2. The highest BCUT2D eigenvalue weighted by atomic mass is 35.5. The first-order valence-electron chi connectivity index (χ1n) is 5.45. The van der Waals surface area contributed by atoms with Gasteiger partial charge >= 0.3 is 0 Å². The van der Waals surface area contributed by atoms with Crippen molar-refractivity contribution in [1.82, 2.24) is 20.8 Å². The predicted molar refractivity (Wildman–Crippen MR) is 69.7 cm³/mol. The molecule has 0 spiro atoms. The largest absolute Gasteiger partial charge is 0.357 e. The molecule has 1 aromatic heterocycles. The molecule has 2 N–H and O–H groups in total. The standard InChI is InChI=1S/C10H15ClN4O2S/c1-5(2)4-6(7(16)12-3)13-8(17)9-14-15-10(11)18-9/h5-6H,4H2,1-3H3,(H,12,16)(H,13,17). The highest BCUT2D eigenvalue weighted by Gasteiger charge is 2.23. The van der Waals surface area contributed by atoms with E-state index in [1.807, 2.05) is 13.8 Å². The third-order valence-corrected chi connectivity index (χ3v) is 3.19. The molecule has 0 aliphatic carbocycles. The Morgan fingerprint density at radius 2 is 2.06 bits per heavy atom. The molecule has 1 atom stereocenters. The maximum atomic E-state index is 11.8. The lowest BCUT2D eigenvalue weighted by Crippen LogP contribution is -2.46. The summed E-state index contributed by atoms with van der Waals surface area (Å²) in [4.78, 5) is 23.5. The van der Waals surface area contributed by atoms with Crippen LogP contribution in [0.15, 0.2) is 0 Å². The van der Waals surface area contributed by atoms with Gasteiger partial charge in [0.05, 0.1) is 0 Å². The maximum absolute atomic E-state index is 11.8. The molecule has 0 radical (unpaired) electrons. The van der Waals surface area contributed by atoms with Gasteiger partial charge in [0.2, 0.25) is 15.4 Å². The molecule has 0 saturated heterocycles. The molecule has 2 amide bonds. The van der Waals surface area contributed by atoms with Crippen molar-refractivity contribution < 1.29 is 9.59 Å². The Bertz CT molecular complexity index is 435. The molecular formula is C10H15ClN4O2S. The Kier molecular flexibility index (Phi) is 5.49. The minimum atomic E-state index is -0.579. The Morgan fingerprint density at radius 1 is 1.39 bits per heavy atom. The molecule has 18 heavy (non-hydrogen) atoms. The second-order valence-electron chi connectivity index (χ2n) is 4.13. The zero-order chi connectivity index (χ0) is 13.7. The fraction of sp³-hybridized carbons (Fsp3) is 0.600. The van der Waals surface area contributed by atoms with Crippen LogP contribution in [0, 0.1) is 5.92 Å². The van der Waals surface area contributed by atoms with Gasteiger partial charge in [-0.2, -0.15) is 0 Å². The fourth-order valence-electron chi connectivity index (χ4n) is 1.39. The summed E-state index contributed by atoms with van der Waals surface area (Å²) < 4.78 is 0.195. The van der Waals surface area contributed by atoms with Crippen molar-refractivity contribution in [2.75, 3.05) is 7.05 Å². The van der Waals surface area contributed by atoms with Gasteiger partial charge < -0.3 is 10.6 Å². The van der Waals surface area contributed by atoms with Crippen LogP contribution in [-0.2, 0) is 4.79 Å². The Balaban J connectivity index is 2.71. The Hall–Kier alpha value is -1.21. The average Bonchev–Trinajstić information content (AvgIpc) is 2.73. The monoisotopic (exact) mass is 290 g/mol. The number of nitrogens with one attached hydrogen (secondary N) is 2. The summed E-state index contributed by atoms with van der Waals surface area (Å²) in [5.74, 6) is -0.382. The maximum Gasteiger partial charge on any atom is 0.282 e. The Morgan fingerprint density at radius 3 is 2.50 bits per heavy atom. The molecule has 1 heterocycles. The first kappa shape index (κ1) is 14.8. The van der Waals surface area contributed by atoms with E-state index in [4.69, 9.17) is 11.6 Å². The molecule has 0 saturated carbocycles. The van der Waals surface area contributed by atoms with Gasteiger partial charge in [-0.25, -0.2) is 0 Å². The molecule has 1 rings (SSSR count). The van der Waals surface area contributed by atoms with Gasteiger partial charge in [-0.05, 0) is 23.9 Å². The minimum Gasteiger partial charge on any atom is -0.357 e. The van der Waals surface area contributed by atoms with E-state index in [0.29, 0.717) is 6.42 Å². The van der Waals surface area contributed by atoms with Crippen LogP contribution in [0.2, 0.25) is 4.47 Å². The summed E-state index contributed by atoms with van der Waals surface area (Å²) in [6, 6.07) is -0.579. The van der Waals surface area contributed by atoms with Crippen LogP contribution < -0.4 is 10.6 Å². The third kappa shape index (κ3) is 4.23. The topological polar surface area (TPSA) is 84.0 Å². The number of hydrogen-bond donors (Lipinski definition) is 2. The molecule has 1 unspecified atom stereocenters. The van der Waals surface area contributed by atoms with Crippen LogP contribution in [0.3, 0.4) is 0 Å². The number of likely N-dealkylation sites (N-methyl/N-ethyl adjacent to an activating group) is 1. The lowest BCUT2D eigenvalue weighted by Gasteiger charge is -2.18. The minimum absolute atomic E-state index is 0.151. The molecule has 0 aromatic carbocycles. The normalized spacial score (nSPS) is 12.3. The predicted octanol–water partition coefficient (Wildman–Crippen LogP) is 1.08. The van der Waals surface area contributed by atoms with E-state index >= 15 is 0 Å². The van der Waals surface area contributed by atoms with Crippen molar-refractivity contribution in [3.05, 3.63) is 9.47 Å². The summed E-state index contributed by atoms with van der Waals surface area (Å²) in [5.41, 5.74) is 0.